The van der Waals surface area contributed by atoms with Gasteiger partial charge in [-0.25, -0.2) is 10.9 Å². The van der Waals surface area contributed by atoms with Crippen LogP contribution < -0.4 is 21.7 Å². The molecule has 0 amide bonds. The van der Waals surface area contributed by atoms with Crippen LogP contribution >= 0.6 is 0 Å². The lowest BCUT2D eigenvalue weighted by atomic mass is 9.73. The van der Waals surface area contributed by atoms with Gasteiger partial charge in [0, 0.05) is 35.4 Å². The molecular weight excluding hydrogens is 332 g/mol. The molecule has 3 heterocycles. The van der Waals surface area contributed by atoms with Crippen LogP contribution in [0.2, 0.25) is 0 Å². The lowest BCUT2D eigenvalue weighted by molar-refractivity contribution is 0.0335. The molecule has 6 atom stereocenters. The summed E-state index contributed by atoms with van der Waals surface area (Å²) in [7, 11) is 0. The van der Waals surface area contributed by atoms with Crippen LogP contribution in [0, 0.1) is 11.8 Å². The molecule has 0 spiro atoms. The maximum atomic E-state index is 10.5. The fraction of sp³-hybridized carbons (Fsp3) is 0.474. The quantitative estimate of drug-likeness (QED) is 0.483. The molecule has 2 saturated heterocycles. The molecule has 0 radical (unpaired) electrons. The normalized spacial score (nSPS) is 35.7. The number of furan rings is 1. The van der Waals surface area contributed by atoms with Crippen molar-refractivity contribution in [2.45, 2.75) is 44.3 Å². The first kappa shape index (κ1) is 17.7. The van der Waals surface area contributed by atoms with Crippen molar-refractivity contribution >= 4 is 0 Å². The van der Waals surface area contributed by atoms with E-state index in [4.69, 9.17) is 4.42 Å². The van der Waals surface area contributed by atoms with Crippen LogP contribution in [0.4, 0.5) is 0 Å². The first-order chi connectivity index (χ1) is 12.6. The van der Waals surface area contributed by atoms with E-state index in [0.717, 1.165) is 17.1 Å². The smallest absolute Gasteiger partial charge is 0.134 e. The second-order valence-corrected chi connectivity index (χ2v) is 7.29. The van der Waals surface area contributed by atoms with E-state index in [9.17, 15) is 10.2 Å². The zero-order valence-electron chi connectivity index (χ0n) is 14.9. The van der Waals surface area contributed by atoms with E-state index in [2.05, 4.69) is 21.7 Å². The summed E-state index contributed by atoms with van der Waals surface area (Å²) in [6.45, 7) is 4.05. The number of rotatable bonds is 4. The Hall–Kier alpha value is -1.74. The van der Waals surface area contributed by atoms with Gasteiger partial charge in [-0.05, 0) is 26.0 Å². The summed E-state index contributed by atoms with van der Waals surface area (Å²) in [5.74, 6) is 1.09. The lowest BCUT2D eigenvalue weighted by Crippen LogP contribution is -2.41. The van der Waals surface area contributed by atoms with E-state index in [1.165, 1.54) is 0 Å². The first-order valence-corrected chi connectivity index (χ1v) is 9.09. The Balaban J connectivity index is 1.73. The number of aliphatic hydroxyl groups excluding tert-OH is 2. The average molecular weight is 358 g/mol. The van der Waals surface area contributed by atoms with Gasteiger partial charge in [0.1, 0.15) is 24.0 Å². The molecule has 1 aromatic heterocycles. The highest BCUT2D eigenvalue weighted by Crippen LogP contribution is 2.42. The summed E-state index contributed by atoms with van der Waals surface area (Å²) in [4.78, 5) is 0. The number of benzene rings is 1. The Bertz CT molecular complexity index is 693. The molecule has 2 aliphatic rings. The molecule has 0 aliphatic carbocycles. The van der Waals surface area contributed by atoms with Crippen molar-refractivity contribution in [3.05, 3.63) is 48.2 Å². The lowest BCUT2D eigenvalue weighted by Gasteiger charge is -2.33. The number of hydrogen-bond acceptors (Lipinski definition) is 7. The van der Waals surface area contributed by atoms with Gasteiger partial charge in [0.25, 0.3) is 0 Å². The molecule has 0 saturated carbocycles. The average Bonchev–Trinajstić information content (AvgIpc) is 3.34. The molecular formula is C19H26N4O3. The Kier molecular flexibility index (Phi) is 4.83. The summed E-state index contributed by atoms with van der Waals surface area (Å²) < 4.78 is 6.22. The van der Waals surface area contributed by atoms with Crippen LogP contribution in [-0.2, 0) is 0 Å². The Morgan fingerprint density at radius 3 is 1.88 bits per heavy atom. The van der Waals surface area contributed by atoms with Crippen LogP contribution in [0.1, 0.15) is 25.5 Å². The Morgan fingerprint density at radius 1 is 0.808 bits per heavy atom. The molecule has 26 heavy (non-hydrogen) atoms. The summed E-state index contributed by atoms with van der Waals surface area (Å²) >= 11 is 0. The van der Waals surface area contributed by atoms with Gasteiger partial charge in [-0.3, -0.25) is 10.9 Å². The van der Waals surface area contributed by atoms with Crippen molar-refractivity contribution in [2.24, 2.45) is 11.8 Å². The molecule has 6 N–H and O–H groups in total. The van der Waals surface area contributed by atoms with Gasteiger partial charge in [0.05, 0.1) is 0 Å². The van der Waals surface area contributed by atoms with Gasteiger partial charge in [-0.1, -0.05) is 30.3 Å². The first-order valence-electron chi connectivity index (χ1n) is 9.09. The Morgan fingerprint density at radius 2 is 1.38 bits per heavy atom. The summed E-state index contributed by atoms with van der Waals surface area (Å²) in [6, 6.07) is 13.9. The highest BCUT2D eigenvalue weighted by atomic mass is 16.3. The SMILES string of the molecule is CC1NNC(O)C1C(c1ccc(-c2ccccc2)o1)C1C(C)NNC1O. The molecule has 2 fully saturated rings. The van der Waals surface area contributed by atoms with Gasteiger partial charge in [0.15, 0.2) is 0 Å². The molecule has 7 heteroatoms. The fourth-order valence-corrected chi connectivity index (χ4v) is 4.31. The van der Waals surface area contributed by atoms with Gasteiger partial charge >= 0.3 is 0 Å². The molecule has 2 aromatic rings. The molecule has 140 valence electrons. The Labute approximate surface area is 152 Å². The largest absolute Gasteiger partial charge is 0.461 e. The molecule has 2 aliphatic heterocycles. The second kappa shape index (κ2) is 7.11. The van der Waals surface area contributed by atoms with Gasteiger partial charge in [-0.2, -0.15) is 0 Å². The molecule has 0 bridgehead atoms. The predicted molar refractivity (Wildman–Crippen MR) is 97.3 cm³/mol. The molecule has 7 nitrogen and oxygen atoms in total. The van der Waals surface area contributed by atoms with Crippen LogP contribution in [0.3, 0.4) is 0 Å². The topological polar surface area (TPSA) is 102 Å². The van der Waals surface area contributed by atoms with E-state index >= 15 is 0 Å². The van der Waals surface area contributed by atoms with Crippen LogP contribution in [0.5, 0.6) is 0 Å². The minimum Gasteiger partial charge on any atom is -0.461 e. The van der Waals surface area contributed by atoms with Crippen molar-refractivity contribution in [2.75, 3.05) is 0 Å². The van der Waals surface area contributed by atoms with Crippen molar-refractivity contribution < 1.29 is 14.6 Å². The minimum absolute atomic E-state index is 0.0280. The van der Waals surface area contributed by atoms with E-state index in [0.29, 0.717) is 0 Å². The van der Waals surface area contributed by atoms with E-state index in [1.54, 1.807) is 0 Å². The van der Waals surface area contributed by atoms with Crippen molar-refractivity contribution in [3.8, 4) is 11.3 Å². The number of aliphatic hydroxyl groups is 2. The highest BCUT2D eigenvalue weighted by Gasteiger charge is 2.49. The molecule has 1 aromatic carbocycles. The summed E-state index contributed by atoms with van der Waals surface area (Å²) in [5.41, 5.74) is 13.0. The number of hydrogen-bond donors (Lipinski definition) is 6. The predicted octanol–water partition coefficient (Wildman–Crippen LogP) is 0.892. The van der Waals surface area contributed by atoms with Gasteiger partial charge in [0.2, 0.25) is 0 Å². The second-order valence-electron chi connectivity index (χ2n) is 7.29. The highest BCUT2D eigenvalue weighted by molar-refractivity contribution is 5.57. The number of hydrazine groups is 2. The van der Waals surface area contributed by atoms with Crippen LogP contribution in [0.15, 0.2) is 46.9 Å². The van der Waals surface area contributed by atoms with Crippen molar-refractivity contribution in [1.82, 2.24) is 21.7 Å². The monoisotopic (exact) mass is 358 g/mol. The third-order valence-electron chi connectivity index (χ3n) is 5.64. The third kappa shape index (κ3) is 3.07. The fourth-order valence-electron chi connectivity index (χ4n) is 4.31. The summed E-state index contributed by atoms with van der Waals surface area (Å²) in [5, 5.41) is 21.0. The standard InChI is InChI=1S/C19H26N4O3/c1-10-15(18(24)22-20-10)17(16-11(2)21-23-19(16)25)14-9-8-13(26-14)12-6-4-3-5-7-12/h3-11,15-25H,1-2H3. The van der Waals surface area contributed by atoms with Crippen LogP contribution in [0.25, 0.3) is 11.3 Å². The molecule has 4 rings (SSSR count). The van der Waals surface area contributed by atoms with Crippen molar-refractivity contribution in [1.29, 1.82) is 0 Å². The van der Waals surface area contributed by atoms with Gasteiger partial charge in [-0.15, -0.1) is 0 Å². The van der Waals surface area contributed by atoms with E-state index in [-0.39, 0.29) is 29.8 Å². The third-order valence-corrected chi connectivity index (χ3v) is 5.64. The maximum absolute atomic E-state index is 10.5. The summed E-state index contributed by atoms with van der Waals surface area (Å²) in [6.07, 6.45) is -1.44. The zero-order chi connectivity index (χ0) is 18.3. The van der Waals surface area contributed by atoms with Crippen molar-refractivity contribution in [3.63, 3.8) is 0 Å². The minimum atomic E-state index is -0.722. The van der Waals surface area contributed by atoms with E-state index in [1.807, 2.05) is 56.3 Å². The zero-order valence-corrected chi connectivity index (χ0v) is 14.9. The molecule has 6 unspecified atom stereocenters. The van der Waals surface area contributed by atoms with E-state index < -0.39 is 12.5 Å². The van der Waals surface area contributed by atoms with Gasteiger partial charge < -0.3 is 14.6 Å². The van der Waals surface area contributed by atoms with Crippen LogP contribution in [-0.4, -0.2) is 34.8 Å². The maximum Gasteiger partial charge on any atom is 0.134 e. The number of nitrogens with one attached hydrogen (secondary N) is 4.